The van der Waals surface area contributed by atoms with E-state index in [1.165, 1.54) is 6.33 Å². The summed E-state index contributed by atoms with van der Waals surface area (Å²) in [5.74, 6) is 0.737. The average molecular weight is 225 g/mol. The molecule has 0 radical (unpaired) electrons. The van der Waals surface area contributed by atoms with Crippen LogP contribution in [0.4, 0.5) is 0 Å². The Labute approximate surface area is 98.1 Å². The molecule has 0 bridgehead atoms. The van der Waals surface area contributed by atoms with Crippen molar-refractivity contribution in [1.29, 1.82) is 0 Å². The van der Waals surface area contributed by atoms with Gasteiger partial charge in [0.05, 0.1) is 5.69 Å². The van der Waals surface area contributed by atoms with Crippen LogP contribution in [0.25, 0.3) is 17.2 Å². The summed E-state index contributed by atoms with van der Waals surface area (Å²) < 4.78 is 1.77. The third-order valence-electron chi connectivity index (χ3n) is 2.48. The average Bonchev–Trinajstić information content (AvgIpc) is 2.98. The molecule has 0 atom stereocenters. The topological polar surface area (TPSA) is 59.4 Å². The number of nitrogens with zero attached hydrogens (tertiary/aromatic N) is 4. The van der Waals surface area contributed by atoms with Crippen LogP contribution in [0.2, 0.25) is 0 Å². The zero-order chi connectivity index (χ0) is 11.7. The number of rotatable bonds is 2. The molecule has 84 valence electrons. The molecule has 3 rings (SSSR count). The summed E-state index contributed by atoms with van der Waals surface area (Å²) in [6, 6.07) is 11.8. The van der Waals surface area contributed by atoms with E-state index in [-0.39, 0.29) is 0 Å². The summed E-state index contributed by atoms with van der Waals surface area (Å²) in [5, 5.41) is 11.3. The first-order valence-electron chi connectivity index (χ1n) is 5.32. The quantitative estimate of drug-likeness (QED) is 0.725. The molecule has 2 aromatic heterocycles. The normalized spacial score (nSPS) is 10.6. The van der Waals surface area contributed by atoms with Gasteiger partial charge in [0.1, 0.15) is 12.0 Å². The number of H-pyrrole nitrogens is 1. The summed E-state index contributed by atoms with van der Waals surface area (Å²) in [6.45, 7) is 1.96. The number of para-hydroxylation sites is 1. The zero-order valence-corrected chi connectivity index (χ0v) is 9.33. The lowest BCUT2D eigenvalue weighted by atomic mass is 10.3. The van der Waals surface area contributed by atoms with Crippen molar-refractivity contribution >= 4 is 0 Å². The summed E-state index contributed by atoms with van der Waals surface area (Å²) in [7, 11) is 0. The standard InChI is InChI=1S/C12H11N5/c1-9-7-11(16-15-9)12-13-8-14-17(12)10-5-3-2-4-6-10/h2-8H,1H3,(H,15,16). The van der Waals surface area contributed by atoms with Crippen LogP contribution in [-0.4, -0.2) is 25.0 Å². The summed E-state index contributed by atoms with van der Waals surface area (Å²) in [6.07, 6.45) is 1.53. The van der Waals surface area contributed by atoms with E-state index in [9.17, 15) is 0 Å². The van der Waals surface area contributed by atoms with Gasteiger partial charge in [-0.1, -0.05) is 18.2 Å². The highest BCUT2D eigenvalue weighted by molar-refractivity contribution is 5.52. The Morgan fingerprint density at radius 3 is 2.71 bits per heavy atom. The SMILES string of the molecule is Cc1cc(-c2ncnn2-c2ccccc2)n[nH]1. The Bertz CT molecular complexity index is 623. The van der Waals surface area contributed by atoms with E-state index in [4.69, 9.17) is 0 Å². The molecule has 0 unspecified atom stereocenters. The van der Waals surface area contributed by atoms with Crippen LogP contribution >= 0.6 is 0 Å². The van der Waals surface area contributed by atoms with Gasteiger partial charge >= 0.3 is 0 Å². The smallest absolute Gasteiger partial charge is 0.183 e. The molecule has 0 saturated carbocycles. The molecule has 1 N–H and O–H groups in total. The van der Waals surface area contributed by atoms with E-state index < -0.39 is 0 Å². The number of nitrogens with one attached hydrogen (secondary N) is 1. The molecule has 0 fully saturated rings. The highest BCUT2D eigenvalue weighted by Crippen LogP contribution is 2.18. The molecule has 5 heteroatoms. The fourth-order valence-electron chi connectivity index (χ4n) is 1.71. The minimum Gasteiger partial charge on any atom is -0.282 e. The minimum absolute atomic E-state index is 0.737. The zero-order valence-electron chi connectivity index (χ0n) is 9.33. The Kier molecular flexibility index (Phi) is 2.22. The van der Waals surface area contributed by atoms with E-state index in [1.54, 1.807) is 4.68 Å². The predicted molar refractivity (Wildman–Crippen MR) is 63.7 cm³/mol. The van der Waals surface area contributed by atoms with Crippen molar-refractivity contribution in [3.8, 4) is 17.2 Å². The number of aromatic amines is 1. The maximum Gasteiger partial charge on any atom is 0.183 e. The number of hydrogen-bond acceptors (Lipinski definition) is 3. The van der Waals surface area contributed by atoms with Crippen LogP contribution in [0, 0.1) is 6.92 Å². The third-order valence-corrected chi connectivity index (χ3v) is 2.48. The molecular weight excluding hydrogens is 214 g/mol. The first-order chi connectivity index (χ1) is 8.34. The van der Waals surface area contributed by atoms with Crippen LogP contribution in [0.1, 0.15) is 5.69 Å². The molecule has 0 amide bonds. The lowest BCUT2D eigenvalue weighted by Crippen LogP contribution is -1.99. The number of hydrogen-bond donors (Lipinski definition) is 1. The third kappa shape index (κ3) is 1.71. The van der Waals surface area contributed by atoms with E-state index in [0.29, 0.717) is 0 Å². The van der Waals surface area contributed by atoms with E-state index in [0.717, 1.165) is 22.9 Å². The van der Waals surface area contributed by atoms with E-state index >= 15 is 0 Å². The van der Waals surface area contributed by atoms with Gasteiger partial charge < -0.3 is 0 Å². The molecule has 3 aromatic rings. The van der Waals surface area contributed by atoms with E-state index in [1.807, 2.05) is 43.3 Å². The summed E-state index contributed by atoms with van der Waals surface area (Å²) in [4.78, 5) is 4.25. The second kappa shape index (κ2) is 3.86. The van der Waals surface area contributed by atoms with Gasteiger partial charge in [0.15, 0.2) is 5.82 Å². The molecule has 0 aliphatic carbocycles. The molecular formula is C12H11N5. The highest BCUT2D eigenvalue weighted by atomic mass is 15.3. The molecule has 1 aromatic carbocycles. The number of aryl methyl sites for hydroxylation is 1. The molecule has 5 nitrogen and oxygen atoms in total. The molecule has 0 aliphatic rings. The van der Waals surface area contributed by atoms with Crippen molar-refractivity contribution in [2.24, 2.45) is 0 Å². The largest absolute Gasteiger partial charge is 0.282 e. The van der Waals surface area contributed by atoms with Crippen LogP contribution in [0.3, 0.4) is 0 Å². The fourth-order valence-corrected chi connectivity index (χ4v) is 1.71. The van der Waals surface area contributed by atoms with Crippen molar-refractivity contribution in [2.75, 3.05) is 0 Å². The molecule has 0 aliphatic heterocycles. The highest BCUT2D eigenvalue weighted by Gasteiger charge is 2.11. The van der Waals surface area contributed by atoms with Crippen molar-refractivity contribution in [3.63, 3.8) is 0 Å². The Hall–Kier alpha value is -2.43. The Morgan fingerprint density at radius 1 is 1.18 bits per heavy atom. The number of benzene rings is 1. The van der Waals surface area contributed by atoms with Gasteiger partial charge in [-0.15, -0.1) is 0 Å². The van der Waals surface area contributed by atoms with Crippen molar-refractivity contribution < 1.29 is 0 Å². The van der Waals surface area contributed by atoms with Crippen LogP contribution in [-0.2, 0) is 0 Å². The molecule has 2 heterocycles. The Morgan fingerprint density at radius 2 is 2.00 bits per heavy atom. The summed E-state index contributed by atoms with van der Waals surface area (Å²) >= 11 is 0. The summed E-state index contributed by atoms with van der Waals surface area (Å²) in [5.41, 5.74) is 2.77. The lowest BCUT2D eigenvalue weighted by Gasteiger charge is -2.02. The minimum atomic E-state index is 0.737. The lowest BCUT2D eigenvalue weighted by molar-refractivity contribution is 0.880. The number of aromatic nitrogens is 5. The van der Waals surface area contributed by atoms with Gasteiger partial charge in [-0.05, 0) is 25.1 Å². The van der Waals surface area contributed by atoms with Gasteiger partial charge in [0.2, 0.25) is 0 Å². The van der Waals surface area contributed by atoms with Crippen LogP contribution in [0.15, 0.2) is 42.7 Å². The van der Waals surface area contributed by atoms with Gasteiger partial charge in [-0.3, -0.25) is 5.10 Å². The van der Waals surface area contributed by atoms with Gasteiger partial charge in [0, 0.05) is 5.69 Å². The molecule has 0 spiro atoms. The second-order valence-electron chi connectivity index (χ2n) is 3.77. The maximum absolute atomic E-state index is 4.25. The van der Waals surface area contributed by atoms with Gasteiger partial charge in [0.25, 0.3) is 0 Å². The first kappa shape index (κ1) is 9.77. The molecule has 0 saturated heterocycles. The van der Waals surface area contributed by atoms with Crippen molar-refractivity contribution in [1.82, 2.24) is 25.0 Å². The Balaban J connectivity index is 2.12. The second-order valence-corrected chi connectivity index (χ2v) is 3.77. The maximum atomic E-state index is 4.25. The van der Waals surface area contributed by atoms with E-state index in [2.05, 4.69) is 20.3 Å². The van der Waals surface area contributed by atoms with Gasteiger partial charge in [-0.2, -0.15) is 10.2 Å². The van der Waals surface area contributed by atoms with Crippen LogP contribution < -0.4 is 0 Å². The first-order valence-corrected chi connectivity index (χ1v) is 5.32. The van der Waals surface area contributed by atoms with Gasteiger partial charge in [-0.25, -0.2) is 9.67 Å². The predicted octanol–water partition coefficient (Wildman–Crippen LogP) is 1.97. The fraction of sp³-hybridized carbons (Fsp3) is 0.0833. The molecule has 17 heavy (non-hydrogen) atoms. The van der Waals surface area contributed by atoms with Crippen molar-refractivity contribution in [2.45, 2.75) is 6.92 Å². The van der Waals surface area contributed by atoms with Crippen molar-refractivity contribution in [3.05, 3.63) is 48.4 Å². The van der Waals surface area contributed by atoms with Crippen LogP contribution in [0.5, 0.6) is 0 Å². The monoisotopic (exact) mass is 225 g/mol.